The number of ether oxygens (including phenoxy) is 1. The fraction of sp³-hybridized carbons (Fsp3) is 0.462. The highest BCUT2D eigenvalue weighted by Crippen LogP contribution is 2.20. The van der Waals surface area contributed by atoms with Gasteiger partial charge in [0.25, 0.3) is 0 Å². The monoisotopic (exact) mass is 532 g/mol. The number of amides is 2. The SMILES string of the molecule is CCCCC(N)C(N)S(=O)(=O)c1ccc(C(=O)[C@H](Cc2ccc(O)cc2)NC(=O)N2CCOCC2)cc1. The second-order valence-electron chi connectivity index (χ2n) is 9.18. The molecular formula is C26H36N4O6S. The smallest absolute Gasteiger partial charge is 0.318 e. The number of phenolic OH excluding ortho intramolecular Hbond substituents is 1. The van der Waals surface area contributed by atoms with Crippen LogP contribution >= 0.6 is 0 Å². The van der Waals surface area contributed by atoms with Crippen LogP contribution in [0.15, 0.2) is 53.4 Å². The standard InChI is InChI=1S/C26H36N4O6S/c1-2-3-4-22(27)25(28)37(34,35)21-11-7-19(8-12-21)24(32)23(17-18-5-9-20(31)10-6-18)29-26(33)30-13-15-36-16-14-30/h5-12,22-23,25,31H,2-4,13-17,27-28H2,1H3,(H,29,33)/t22?,23-,25?/m0/s1. The van der Waals surface area contributed by atoms with Crippen molar-refractivity contribution >= 4 is 21.7 Å². The third-order valence-corrected chi connectivity index (χ3v) is 8.42. The lowest BCUT2D eigenvalue weighted by Crippen LogP contribution is -2.51. The third-order valence-electron chi connectivity index (χ3n) is 6.43. The summed E-state index contributed by atoms with van der Waals surface area (Å²) in [4.78, 5) is 27.9. The normalized spacial score (nSPS) is 16.6. The van der Waals surface area contributed by atoms with Gasteiger partial charge in [0.05, 0.1) is 24.2 Å². The molecule has 0 saturated carbocycles. The van der Waals surface area contributed by atoms with E-state index in [0.717, 1.165) is 18.4 Å². The zero-order chi connectivity index (χ0) is 27.0. The molecule has 2 unspecified atom stereocenters. The predicted octanol–water partition coefficient (Wildman–Crippen LogP) is 1.80. The number of unbranched alkanes of at least 4 members (excludes halogenated alkanes) is 1. The van der Waals surface area contributed by atoms with Crippen LogP contribution in [-0.4, -0.2) is 74.0 Å². The Balaban J connectivity index is 1.80. The van der Waals surface area contributed by atoms with Crippen molar-refractivity contribution in [1.29, 1.82) is 0 Å². The molecule has 10 nitrogen and oxygen atoms in total. The Labute approximate surface area is 217 Å². The number of nitrogens with one attached hydrogen (secondary N) is 1. The van der Waals surface area contributed by atoms with E-state index < -0.39 is 27.3 Å². The molecule has 11 heteroatoms. The Bertz CT molecular complexity index is 1150. The maximum atomic E-state index is 13.5. The quantitative estimate of drug-likeness (QED) is 0.318. The van der Waals surface area contributed by atoms with Gasteiger partial charge in [0, 0.05) is 31.1 Å². The van der Waals surface area contributed by atoms with Gasteiger partial charge >= 0.3 is 6.03 Å². The lowest BCUT2D eigenvalue weighted by Gasteiger charge is -2.29. The summed E-state index contributed by atoms with van der Waals surface area (Å²) in [5, 5.41) is 11.1. The van der Waals surface area contributed by atoms with E-state index >= 15 is 0 Å². The molecule has 0 bridgehead atoms. The molecule has 1 heterocycles. The molecule has 3 atom stereocenters. The van der Waals surface area contributed by atoms with Gasteiger partial charge in [0.2, 0.25) is 0 Å². The number of rotatable bonds is 11. The van der Waals surface area contributed by atoms with E-state index in [1.807, 2.05) is 6.92 Å². The number of hydrogen-bond acceptors (Lipinski definition) is 8. The van der Waals surface area contributed by atoms with Gasteiger partial charge in [-0.2, -0.15) is 0 Å². The summed E-state index contributed by atoms with van der Waals surface area (Å²) in [6.07, 6.45) is 2.34. The second kappa shape index (κ2) is 13.0. The van der Waals surface area contributed by atoms with Gasteiger partial charge in [0.1, 0.15) is 11.1 Å². The van der Waals surface area contributed by atoms with Crippen molar-refractivity contribution in [2.75, 3.05) is 26.3 Å². The first-order valence-electron chi connectivity index (χ1n) is 12.4. The van der Waals surface area contributed by atoms with Crippen LogP contribution in [0.25, 0.3) is 0 Å². The van der Waals surface area contributed by atoms with Crippen LogP contribution in [0.2, 0.25) is 0 Å². The molecule has 1 aliphatic heterocycles. The Hall–Kier alpha value is -2.99. The van der Waals surface area contributed by atoms with Crippen LogP contribution in [0, 0.1) is 0 Å². The lowest BCUT2D eigenvalue weighted by molar-refractivity contribution is 0.0522. The van der Waals surface area contributed by atoms with Gasteiger partial charge in [0.15, 0.2) is 15.6 Å². The van der Waals surface area contributed by atoms with Crippen LogP contribution < -0.4 is 16.8 Å². The summed E-state index contributed by atoms with van der Waals surface area (Å²) in [5.41, 5.74) is 13.0. The highest BCUT2D eigenvalue weighted by atomic mass is 32.2. The number of sulfone groups is 1. The summed E-state index contributed by atoms with van der Waals surface area (Å²) in [7, 11) is -3.89. The van der Waals surface area contributed by atoms with E-state index in [2.05, 4.69) is 5.32 Å². The molecule has 37 heavy (non-hydrogen) atoms. The number of nitrogens with two attached hydrogens (primary N) is 2. The van der Waals surface area contributed by atoms with Crippen LogP contribution in [0.3, 0.4) is 0 Å². The van der Waals surface area contributed by atoms with E-state index in [0.29, 0.717) is 32.7 Å². The average molecular weight is 533 g/mol. The maximum Gasteiger partial charge on any atom is 0.318 e. The molecule has 0 radical (unpaired) electrons. The summed E-state index contributed by atoms with van der Waals surface area (Å²) < 4.78 is 31.2. The lowest BCUT2D eigenvalue weighted by atomic mass is 9.97. The number of carbonyl (C=O) groups is 2. The van der Waals surface area contributed by atoms with E-state index in [4.69, 9.17) is 16.2 Å². The maximum absolute atomic E-state index is 13.5. The van der Waals surface area contributed by atoms with E-state index in [9.17, 15) is 23.1 Å². The first-order chi connectivity index (χ1) is 17.6. The number of nitrogens with zero attached hydrogens (tertiary/aromatic N) is 1. The number of morpholine rings is 1. The van der Waals surface area contributed by atoms with Crippen LogP contribution in [0.1, 0.15) is 42.1 Å². The fourth-order valence-electron chi connectivity index (χ4n) is 4.09. The summed E-state index contributed by atoms with van der Waals surface area (Å²) in [6.45, 7) is 3.66. The molecule has 1 aliphatic rings. The number of Topliss-reactive ketones (excluding diaryl/α,β-unsaturated/α-hetero) is 1. The van der Waals surface area contributed by atoms with Crippen molar-refractivity contribution < 1.29 is 27.9 Å². The van der Waals surface area contributed by atoms with E-state index in [-0.39, 0.29) is 34.4 Å². The second-order valence-corrected chi connectivity index (χ2v) is 11.3. The summed E-state index contributed by atoms with van der Waals surface area (Å²) >= 11 is 0. The van der Waals surface area contributed by atoms with Crippen LogP contribution in [-0.2, 0) is 21.0 Å². The number of benzene rings is 2. The van der Waals surface area contributed by atoms with E-state index in [1.165, 1.54) is 36.4 Å². The highest BCUT2D eigenvalue weighted by molar-refractivity contribution is 7.92. The Morgan fingerprint density at radius 1 is 1.05 bits per heavy atom. The molecule has 2 aromatic rings. The number of hydrogen-bond donors (Lipinski definition) is 4. The first kappa shape index (κ1) is 28.6. The molecule has 6 N–H and O–H groups in total. The zero-order valence-corrected chi connectivity index (χ0v) is 21.8. The van der Waals surface area contributed by atoms with E-state index in [1.54, 1.807) is 17.0 Å². The molecule has 0 spiro atoms. The van der Waals surface area contributed by atoms with Crippen molar-refractivity contribution in [3.63, 3.8) is 0 Å². The number of urea groups is 1. The molecular weight excluding hydrogens is 496 g/mol. The van der Waals surface area contributed by atoms with Crippen molar-refractivity contribution in [1.82, 2.24) is 10.2 Å². The minimum atomic E-state index is -3.89. The van der Waals surface area contributed by atoms with Gasteiger partial charge in [-0.15, -0.1) is 0 Å². The first-order valence-corrected chi connectivity index (χ1v) is 14.0. The number of ketones is 1. The molecule has 2 amide bonds. The average Bonchev–Trinajstić information content (AvgIpc) is 2.92. The summed E-state index contributed by atoms with van der Waals surface area (Å²) in [5.74, 6) is -0.282. The predicted molar refractivity (Wildman–Crippen MR) is 140 cm³/mol. The van der Waals surface area contributed by atoms with Crippen molar-refractivity contribution in [2.24, 2.45) is 11.5 Å². The Morgan fingerprint density at radius 2 is 1.68 bits per heavy atom. The largest absolute Gasteiger partial charge is 0.508 e. The van der Waals surface area contributed by atoms with Gasteiger partial charge in [-0.25, -0.2) is 13.2 Å². The molecule has 0 aromatic heterocycles. The number of carbonyl (C=O) groups excluding carboxylic acids is 2. The Kier molecular flexibility index (Phi) is 10.0. The van der Waals surface area contributed by atoms with Crippen molar-refractivity contribution in [3.05, 3.63) is 59.7 Å². The third kappa shape index (κ3) is 7.51. The van der Waals surface area contributed by atoms with Gasteiger partial charge in [-0.05, 0) is 36.2 Å². The van der Waals surface area contributed by atoms with Crippen molar-refractivity contribution in [2.45, 2.75) is 55.0 Å². The highest BCUT2D eigenvalue weighted by Gasteiger charge is 2.30. The Morgan fingerprint density at radius 3 is 2.27 bits per heavy atom. The van der Waals surface area contributed by atoms with Gasteiger partial charge < -0.3 is 31.5 Å². The molecule has 1 fully saturated rings. The minimum Gasteiger partial charge on any atom is -0.508 e. The fourth-order valence-corrected chi connectivity index (χ4v) is 5.51. The number of phenols is 1. The molecule has 202 valence electrons. The van der Waals surface area contributed by atoms with Gasteiger partial charge in [-0.1, -0.05) is 44.0 Å². The topological polar surface area (TPSA) is 165 Å². The molecule has 3 rings (SSSR count). The van der Waals surface area contributed by atoms with Gasteiger partial charge in [-0.3, -0.25) is 4.79 Å². The minimum absolute atomic E-state index is 0.0177. The molecule has 2 aromatic carbocycles. The summed E-state index contributed by atoms with van der Waals surface area (Å²) in [6, 6.07) is 9.91. The number of aromatic hydroxyl groups is 1. The van der Waals surface area contributed by atoms with Crippen LogP contribution in [0.4, 0.5) is 4.79 Å². The molecule has 0 aliphatic carbocycles. The molecule has 1 saturated heterocycles. The zero-order valence-electron chi connectivity index (χ0n) is 21.0. The van der Waals surface area contributed by atoms with Crippen LogP contribution in [0.5, 0.6) is 5.75 Å². The van der Waals surface area contributed by atoms with Crippen molar-refractivity contribution in [3.8, 4) is 5.75 Å².